The summed E-state index contributed by atoms with van der Waals surface area (Å²) in [6, 6.07) is 15.2. The molecule has 0 fully saturated rings. The molecule has 0 heterocycles. The van der Waals surface area contributed by atoms with Crippen molar-refractivity contribution in [1.29, 1.82) is 0 Å². The van der Waals surface area contributed by atoms with Crippen molar-refractivity contribution in [2.45, 2.75) is 19.9 Å². The first-order valence-corrected chi connectivity index (χ1v) is 7.95. The molecule has 1 atom stereocenters. The third kappa shape index (κ3) is 5.17. The lowest BCUT2D eigenvalue weighted by molar-refractivity contribution is -0.136. The van der Waals surface area contributed by atoms with Crippen LogP contribution in [0.15, 0.2) is 54.6 Å². The second-order valence-electron chi connectivity index (χ2n) is 5.36. The summed E-state index contributed by atoms with van der Waals surface area (Å²) in [5.74, 6) is -1.94. The standard InChI is InChI=1S/C19H20N2O4/c1-3-25-19(24)15-9-11-16(12-10-15)21-18(23)17(22)20-13(2)14-7-5-4-6-8-14/h4-13H,3H2,1-2H3,(H,20,22)(H,21,23)/t13-/m1/s1. The first kappa shape index (κ1) is 18.2. The monoisotopic (exact) mass is 340 g/mol. The molecule has 0 aliphatic carbocycles. The van der Waals surface area contributed by atoms with E-state index in [1.807, 2.05) is 30.3 Å². The van der Waals surface area contributed by atoms with Crippen molar-refractivity contribution >= 4 is 23.5 Å². The van der Waals surface area contributed by atoms with E-state index < -0.39 is 17.8 Å². The number of ether oxygens (including phenoxy) is 1. The van der Waals surface area contributed by atoms with Crippen LogP contribution in [0, 0.1) is 0 Å². The van der Waals surface area contributed by atoms with Crippen LogP contribution in [0.3, 0.4) is 0 Å². The Hall–Kier alpha value is -3.15. The van der Waals surface area contributed by atoms with Crippen LogP contribution in [0.1, 0.15) is 35.8 Å². The second-order valence-corrected chi connectivity index (χ2v) is 5.36. The molecule has 2 N–H and O–H groups in total. The Balaban J connectivity index is 1.92. The normalized spacial score (nSPS) is 11.3. The molecule has 0 radical (unpaired) electrons. The van der Waals surface area contributed by atoms with Gasteiger partial charge >= 0.3 is 17.8 Å². The Morgan fingerprint density at radius 1 is 0.960 bits per heavy atom. The van der Waals surface area contributed by atoms with Gasteiger partial charge in [-0.15, -0.1) is 0 Å². The summed E-state index contributed by atoms with van der Waals surface area (Å²) in [6.07, 6.45) is 0. The summed E-state index contributed by atoms with van der Waals surface area (Å²) in [7, 11) is 0. The second kappa shape index (κ2) is 8.63. The van der Waals surface area contributed by atoms with Gasteiger partial charge in [0.2, 0.25) is 0 Å². The van der Waals surface area contributed by atoms with Gasteiger partial charge in [0.15, 0.2) is 0 Å². The smallest absolute Gasteiger partial charge is 0.338 e. The molecule has 0 aliphatic rings. The molecule has 0 saturated heterocycles. The van der Waals surface area contributed by atoms with E-state index in [-0.39, 0.29) is 12.6 Å². The Morgan fingerprint density at radius 2 is 1.60 bits per heavy atom. The maximum atomic E-state index is 12.0. The number of hydrogen-bond acceptors (Lipinski definition) is 4. The molecule has 0 saturated carbocycles. The van der Waals surface area contributed by atoms with Crippen molar-refractivity contribution in [1.82, 2.24) is 5.32 Å². The molecule has 2 rings (SSSR count). The predicted molar refractivity (Wildman–Crippen MR) is 94.0 cm³/mol. The van der Waals surface area contributed by atoms with Crippen molar-refractivity contribution in [3.8, 4) is 0 Å². The van der Waals surface area contributed by atoms with Gasteiger partial charge in [-0.1, -0.05) is 30.3 Å². The molecule has 0 aliphatic heterocycles. The Kier molecular flexibility index (Phi) is 6.28. The van der Waals surface area contributed by atoms with E-state index in [4.69, 9.17) is 4.74 Å². The fourth-order valence-electron chi connectivity index (χ4n) is 2.18. The van der Waals surface area contributed by atoms with Crippen LogP contribution in [0.2, 0.25) is 0 Å². The molecule has 130 valence electrons. The van der Waals surface area contributed by atoms with Crippen molar-refractivity contribution < 1.29 is 19.1 Å². The van der Waals surface area contributed by atoms with Crippen LogP contribution >= 0.6 is 0 Å². The number of rotatable bonds is 5. The zero-order valence-electron chi connectivity index (χ0n) is 14.1. The number of hydrogen-bond donors (Lipinski definition) is 2. The molecule has 2 amide bonds. The van der Waals surface area contributed by atoms with E-state index >= 15 is 0 Å². The highest BCUT2D eigenvalue weighted by Crippen LogP contribution is 2.12. The van der Waals surface area contributed by atoms with Gasteiger partial charge in [-0.3, -0.25) is 9.59 Å². The third-order valence-corrected chi connectivity index (χ3v) is 3.51. The van der Waals surface area contributed by atoms with Gasteiger partial charge < -0.3 is 15.4 Å². The average Bonchev–Trinajstić information content (AvgIpc) is 2.63. The summed E-state index contributed by atoms with van der Waals surface area (Å²) in [4.78, 5) is 35.5. The number of esters is 1. The summed E-state index contributed by atoms with van der Waals surface area (Å²) in [5, 5.41) is 5.13. The fraction of sp³-hybridized carbons (Fsp3) is 0.211. The molecule has 0 aromatic heterocycles. The average molecular weight is 340 g/mol. The van der Waals surface area contributed by atoms with E-state index in [1.54, 1.807) is 13.8 Å². The summed E-state index contributed by atoms with van der Waals surface area (Å²) in [6.45, 7) is 3.81. The van der Waals surface area contributed by atoms with E-state index in [9.17, 15) is 14.4 Å². The molecule has 2 aromatic carbocycles. The predicted octanol–water partition coefficient (Wildman–Crippen LogP) is 2.68. The lowest BCUT2D eigenvalue weighted by Gasteiger charge is -2.14. The number of benzene rings is 2. The van der Waals surface area contributed by atoms with Crippen LogP contribution in [0.4, 0.5) is 5.69 Å². The maximum Gasteiger partial charge on any atom is 0.338 e. The van der Waals surface area contributed by atoms with Gasteiger partial charge in [0.05, 0.1) is 18.2 Å². The highest BCUT2D eigenvalue weighted by Gasteiger charge is 2.17. The van der Waals surface area contributed by atoms with Crippen LogP contribution in [-0.4, -0.2) is 24.4 Å². The van der Waals surface area contributed by atoms with E-state index in [1.165, 1.54) is 24.3 Å². The molecule has 6 heteroatoms. The van der Waals surface area contributed by atoms with Gasteiger partial charge in [0, 0.05) is 5.69 Å². The molecule has 0 unspecified atom stereocenters. The lowest BCUT2D eigenvalue weighted by atomic mass is 10.1. The third-order valence-electron chi connectivity index (χ3n) is 3.51. The molecule has 0 spiro atoms. The molecule has 6 nitrogen and oxygen atoms in total. The topological polar surface area (TPSA) is 84.5 Å². The first-order chi connectivity index (χ1) is 12.0. The molecular weight excluding hydrogens is 320 g/mol. The van der Waals surface area contributed by atoms with Crippen LogP contribution in [0.25, 0.3) is 0 Å². The first-order valence-electron chi connectivity index (χ1n) is 7.95. The van der Waals surface area contributed by atoms with Crippen LogP contribution in [0.5, 0.6) is 0 Å². The van der Waals surface area contributed by atoms with E-state index in [0.29, 0.717) is 11.3 Å². The summed E-state index contributed by atoms with van der Waals surface area (Å²) in [5.41, 5.74) is 1.70. The Morgan fingerprint density at radius 3 is 2.20 bits per heavy atom. The van der Waals surface area contributed by atoms with Gasteiger partial charge in [-0.05, 0) is 43.7 Å². The van der Waals surface area contributed by atoms with Crippen molar-refractivity contribution in [2.75, 3.05) is 11.9 Å². The van der Waals surface area contributed by atoms with Crippen molar-refractivity contribution in [2.24, 2.45) is 0 Å². The summed E-state index contributed by atoms with van der Waals surface area (Å²) < 4.78 is 4.88. The van der Waals surface area contributed by atoms with Crippen LogP contribution in [-0.2, 0) is 14.3 Å². The highest BCUT2D eigenvalue weighted by atomic mass is 16.5. The van der Waals surface area contributed by atoms with Gasteiger partial charge in [0.1, 0.15) is 0 Å². The molecule has 0 bridgehead atoms. The Labute approximate surface area is 146 Å². The number of anilines is 1. The van der Waals surface area contributed by atoms with Crippen molar-refractivity contribution in [3.63, 3.8) is 0 Å². The van der Waals surface area contributed by atoms with E-state index in [2.05, 4.69) is 10.6 Å². The molecule has 2 aromatic rings. The quantitative estimate of drug-likeness (QED) is 0.647. The minimum atomic E-state index is -0.772. The summed E-state index contributed by atoms with van der Waals surface area (Å²) >= 11 is 0. The largest absolute Gasteiger partial charge is 0.462 e. The van der Waals surface area contributed by atoms with Gasteiger partial charge in [0.25, 0.3) is 0 Å². The Bertz CT molecular complexity index is 742. The van der Waals surface area contributed by atoms with E-state index in [0.717, 1.165) is 5.56 Å². The molecule has 25 heavy (non-hydrogen) atoms. The zero-order chi connectivity index (χ0) is 18.2. The fourth-order valence-corrected chi connectivity index (χ4v) is 2.18. The van der Waals surface area contributed by atoms with Crippen molar-refractivity contribution in [3.05, 3.63) is 65.7 Å². The minimum Gasteiger partial charge on any atom is -0.462 e. The number of amides is 2. The van der Waals surface area contributed by atoms with Gasteiger partial charge in [-0.25, -0.2) is 4.79 Å². The highest BCUT2D eigenvalue weighted by molar-refractivity contribution is 6.39. The number of carbonyl (C=O) groups is 3. The zero-order valence-corrected chi connectivity index (χ0v) is 14.1. The number of carbonyl (C=O) groups excluding carboxylic acids is 3. The molecular formula is C19H20N2O4. The lowest BCUT2D eigenvalue weighted by Crippen LogP contribution is -2.36. The van der Waals surface area contributed by atoms with Gasteiger partial charge in [-0.2, -0.15) is 0 Å². The maximum absolute atomic E-state index is 12.0. The minimum absolute atomic E-state index is 0.286. The van der Waals surface area contributed by atoms with Crippen LogP contribution < -0.4 is 10.6 Å². The SMILES string of the molecule is CCOC(=O)c1ccc(NC(=O)C(=O)N[C@H](C)c2ccccc2)cc1. The number of nitrogens with one attached hydrogen (secondary N) is 2.